The molecule has 152 valence electrons. The van der Waals surface area contributed by atoms with Gasteiger partial charge in [0, 0.05) is 42.5 Å². The van der Waals surface area contributed by atoms with Crippen LogP contribution >= 0.6 is 23.2 Å². The number of aromatic hydroxyl groups is 1. The number of phenols is 1. The van der Waals surface area contributed by atoms with Gasteiger partial charge in [-0.25, -0.2) is 8.42 Å². The fourth-order valence-corrected chi connectivity index (χ4v) is 4.95. The third-order valence-electron chi connectivity index (χ3n) is 4.88. The van der Waals surface area contributed by atoms with E-state index in [9.17, 15) is 13.5 Å². The Labute approximate surface area is 175 Å². The quantitative estimate of drug-likeness (QED) is 0.753. The van der Waals surface area contributed by atoms with Gasteiger partial charge in [0.1, 0.15) is 0 Å². The van der Waals surface area contributed by atoms with Gasteiger partial charge in [-0.2, -0.15) is 0 Å². The molecule has 1 atom stereocenters. The predicted octanol–water partition coefficient (Wildman–Crippen LogP) is 3.89. The zero-order valence-corrected chi connectivity index (χ0v) is 18.0. The molecule has 6 nitrogen and oxygen atoms in total. The second kappa shape index (κ2) is 8.45. The number of rotatable bonds is 5. The highest BCUT2D eigenvalue weighted by Crippen LogP contribution is 2.35. The number of sulfone groups is 1. The monoisotopic (exact) mass is 444 g/mol. The molecule has 3 rings (SSSR count). The summed E-state index contributed by atoms with van der Waals surface area (Å²) >= 11 is 12.3. The van der Waals surface area contributed by atoms with Crippen molar-refractivity contribution in [3.05, 3.63) is 45.7 Å². The number of nitrogens with zero attached hydrogens (tertiary/aromatic N) is 2. The zero-order valence-electron chi connectivity index (χ0n) is 15.7. The topological polar surface area (TPSA) is 79.7 Å². The van der Waals surface area contributed by atoms with Crippen LogP contribution in [-0.2, 0) is 16.4 Å². The molecule has 0 amide bonds. The van der Waals surface area contributed by atoms with Crippen LogP contribution in [0.15, 0.2) is 29.3 Å². The summed E-state index contributed by atoms with van der Waals surface area (Å²) in [5.41, 5.74) is 1.40. The van der Waals surface area contributed by atoms with Crippen molar-refractivity contribution in [2.45, 2.75) is 30.2 Å². The highest BCUT2D eigenvalue weighted by atomic mass is 35.5. The van der Waals surface area contributed by atoms with Crippen molar-refractivity contribution in [2.24, 2.45) is 0 Å². The molecule has 0 saturated carbocycles. The van der Waals surface area contributed by atoms with Crippen molar-refractivity contribution < 1.29 is 18.3 Å². The molecule has 1 aromatic heterocycles. The summed E-state index contributed by atoms with van der Waals surface area (Å²) in [7, 11) is -1.94. The fourth-order valence-electron chi connectivity index (χ4n) is 3.57. The van der Waals surface area contributed by atoms with Crippen molar-refractivity contribution in [1.82, 2.24) is 9.88 Å². The Morgan fingerprint density at radius 2 is 2.07 bits per heavy atom. The lowest BCUT2D eigenvalue weighted by Gasteiger charge is -2.33. The van der Waals surface area contributed by atoms with Gasteiger partial charge >= 0.3 is 0 Å². The van der Waals surface area contributed by atoms with Gasteiger partial charge in [-0.1, -0.05) is 23.2 Å². The van der Waals surface area contributed by atoms with E-state index in [0.29, 0.717) is 34.6 Å². The number of benzene rings is 1. The molecule has 28 heavy (non-hydrogen) atoms. The lowest BCUT2D eigenvalue weighted by atomic mass is 9.94. The average Bonchev–Trinajstić information content (AvgIpc) is 2.63. The number of methoxy groups -OCH3 is 1. The van der Waals surface area contributed by atoms with Crippen LogP contribution in [-0.4, -0.2) is 49.9 Å². The summed E-state index contributed by atoms with van der Waals surface area (Å²) in [6.07, 6.45) is 4.42. The molecule has 0 aliphatic carbocycles. The molecule has 1 N–H and O–H groups in total. The second-order valence-corrected chi connectivity index (χ2v) is 9.83. The van der Waals surface area contributed by atoms with Gasteiger partial charge in [-0.3, -0.25) is 9.88 Å². The molecule has 1 fully saturated rings. The molecule has 0 unspecified atom stereocenters. The van der Waals surface area contributed by atoms with Crippen LogP contribution in [0.3, 0.4) is 0 Å². The first-order chi connectivity index (χ1) is 13.2. The number of hydrogen-bond acceptors (Lipinski definition) is 6. The van der Waals surface area contributed by atoms with Crippen molar-refractivity contribution in [3.63, 3.8) is 0 Å². The number of piperidine rings is 1. The smallest absolute Gasteiger partial charge is 0.177 e. The molecule has 1 aliphatic heterocycles. The van der Waals surface area contributed by atoms with E-state index < -0.39 is 9.84 Å². The lowest BCUT2D eigenvalue weighted by molar-refractivity contribution is 0.197. The standard InChI is InChI=1S/C19H22Cl2N2O4S/c1-27-17-6-13(15(21)8-16(17)24)11-23-5-3-4-12(10-23)19-18(28(2,25)26)7-14(20)9-22-19/h6-9,12,24H,3-5,10-11H2,1-2H3/t12-/m0/s1. The van der Waals surface area contributed by atoms with E-state index in [1.54, 1.807) is 6.07 Å². The molecule has 1 aromatic carbocycles. The maximum Gasteiger partial charge on any atom is 0.177 e. The number of hydrogen-bond donors (Lipinski definition) is 1. The number of halogens is 2. The summed E-state index contributed by atoms with van der Waals surface area (Å²) in [5, 5.41) is 10.6. The van der Waals surface area contributed by atoms with Gasteiger partial charge in [0.05, 0.1) is 22.7 Å². The number of ether oxygens (including phenoxy) is 1. The molecule has 2 aromatic rings. The minimum atomic E-state index is -3.43. The molecule has 0 radical (unpaired) electrons. The van der Waals surface area contributed by atoms with Crippen LogP contribution < -0.4 is 4.74 Å². The Hall–Kier alpha value is -1.54. The Morgan fingerprint density at radius 1 is 1.32 bits per heavy atom. The number of aromatic nitrogens is 1. The fraction of sp³-hybridized carbons (Fsp3) is 0.421. The van der Waals surface area contributed by atoms with Gasteiger partial charge in [0.15, 0.2) is 21.3 Å². The molecule has 2 heterocycles. The first kappa shape index (κ1) is 21.2. The second-order valence-electron chi connectivity index (χ2n) is 7.00. The zero-order chi connectivity index (χ0) is 20.5. The summed E-state index contributed by atoms with van der Waals surface area (Å²) in [4.78, 5) is 6.74. The van der Waals surface area contributed by atoms with Crippen LogP contribution in [0.4, 0.5) is 0 Å². The van der Waals surface area contributed by atoms with Crippen molar-refractivity contribution >= 4 is 33.0 Å². The Bertz CT molecular complexity index is 982. The number of phenolic OH excluding ortho intramolecular Hbond substituents is 1. The third-order valence-corrected chi connectivity index (χ3v) is 6.57. The SMILES string of the molecule is COc1cc(CN2CCC[C@H](c3ncc(Cl)cc3S(C)(=O)=O)C2)c(Cl)cc1O. The Morgan fingerprint density at radius 3 is 2.75 bits per heavy atom. The van der Waals surface area contributed by atoms with Crippen LogP contribution in [0.2, 0.25) is 10.0 Å². The van der Waals surface area contributed by atoms with E-state index in [4.69, 9.17) is 27.9 Å². The Balaban J connectivity index is 1.85. The van der Waals surface area contributed by atoms with Gasteiger partial charge in [-0.15, -0.1) is 0 Å². The first-order valence-electron chi connectivity index (χ1n) is 8.82. The van der Waals surface area contributed by atoms with Gasteiger partial charge < -0.3 is 9.84 Å². The van der Waals surface area contributed by atoms with E-state index >= 15 is 0 Å². The molecule has 9 heteroatoms. The minimum absolute atomic E-state index is 0.00377. The van der Waals surface area contributed by atoms with Crippen LogP contribution in [0.5, 0.6) is 11.5 Å². The van der Waals surface area contributed by atoms with Crippen molar-refractivity contribution in [2.75, 3.05) is 26.5 Å². The van der Waals surface area contributed by atoms with E-state index in [0.717, 1.165) is 24.9 Å². The lowest BCUT2D eigenvalue weighted by Crippen LogP contribution is -2.34. The third kappa shape index (κ3) is 4.71. The highest BCUT2D eigenvalue weighted by molar-refractivity contribution is 7.90. The molecule has 1 aliphatic rings. The first-order valence-corrected chi connectivity index (χ1v) is 11.5. The van der Waals surface area contributed by atoms with Gasteiger partial charge in [-0.05, 0) is 37.1 Å². The largest absolute Gasteiger partial charge is 0.504 e. The minimum Gasteiger partial charge on any atom is -0.504 e. The molecular weight excluding hydrogens is 423 g/mol. The normalized spacial score (nSPS) is 18.2. The summed E-state index contributed by atoms with van der Waals surface area (Å²) < 4.78 is 29.6. The highest BCUT2D eigenvalue weighted by Gasteiger charge is 2.28. The molecule has 1 saturated heterocycles. The van der Waals surface area contributed by atoms with Crippen LogP contribution in [0, 0.1) is 0 Å². The summed E-state index contributed by atoms with van der Waals surface area (Å²) in [5.74, 6) is 0.344. The maximum atomic E-state index is 12.2. The van der Waals surface area contributed by atoms with Gasteiger partial charge in [0.25, 0.3) is 0 Å². The maximum absolute atomic E-state index is 12.2. The van der Waals surface area contributed by atoms with E-state index in [1.165, 1.54) is 31.7 Å². The summed E-state index contributed by atoms with van der Waals surface area (Å²) in [6, 6.07) is 4.67. The number of pyridine rings is 1. The predicted molar refractivity (Wildman–Crippen MR) is 109 cm³/mol. The van der Waals surface area contributed by atoms with E-state index in [2.05, 4.69) is 9.88 Å². The van der Waals surface area contributed by atoms with E-state index in [-0.39, 0.29) is 16.6 Å². The Kier molecular flexibility index (Phi) is 6.39. The average molecular weight is 445 g/mol. The van der Waals surface area contributed by atoms with Gasteiger partial charge in [0.2, 0.25) is 0 Å². The van der Waals surface area contributed by atoms with E-state index in [1.807, 2.05) is 0 Å². The summed E-state index contributed by atoms with van der Waals surface area (Å²) in [6.45, 7) is 2.07. The van der Waals surface area contributed by atoms with Crippen LogP contribution in [0.1, 0.15) is 30.0 Å². The number of likely N-dealkylation sites (tertiary alicyclic amines) is 1. The van der Waals surface area contributed by atoms with Crippen molar-refractivity contribution in [1.29, 1.82) is 0 Å². The molecule has 0 spiro atoms. The van der Waals surface area contributed by atoms with Crippen LogP contribution in [0.25, 0.3) is 0 Å². The molecule has 0 bridgehead atoms. The molecular formula is C19H22Cl2N2O4S. The van der Waals surface area contributed by atoms with Crippen molar-refractivity contribution in [3.8, 4) is 11.5 Å².